The van der Waals surface area contributed by atoms with Crippen LogP contribution in [0, 0.1) is 5.41 Å². The molecule has 5 heteroatoms. The average Bonchev–Trinajstić information content (AvgIpc) is 2.38. The molecule has 3 N–H and O–H groups in total. The SMILES string of the molecule is CN1CCC(N(C)c2cccc(Br)c2C(=N)N)CC1. The number of anilines is 1. The Bertz CT molecular complexity index is 467. The Hall–Kier alpha value is -1.07. The second-order valence-corrected chi connectivity index (χ2v) is 6.05. The summed E-state index contributed by atoms with van der Waals surface area (Å²) in [6.07, 6.45) is 2.30. The van der Waals surface area contributed by atoms with E-state index in [-0.39, 0.29) is 5.84 Å². The molecule has 0 spiro atoms. The Balaban J connectivity index is 2.26. The number of hydrogen-bond donors (Lipinski definition) is 2. The van der Waals surface area contributed by atoms with E-state index in [0.717, 1.165) is 41.7 Å². The number of likely N-dealkylation sites (tertiary alicyclic amines) is 1. The summed E-state index contributed by atoms with van der Waals surface area (Å²) in [4.78, 5) is 4.63. The first kappa shape index (κ1) is 14.3. The van der Waals surface area contributed by atoms with Gasteiger partial charge in [-0.2, -0.15) is 0 Å². The van der Waals surface area contributed by atoms with Crippen LogP contribution >= 0.6 is 15.9 Å². The van der Waals surface area contributed by atoms with Crippen molar-refractivity contribution in [3.8, 4) is 0 Å². The van der Waals surface area contributed by atoms with E-state index in [4.69, 9.17) is 11.1 Å². The fourth-order valence-electron chi connectivity index (χ4n) is 2.65. The van der Waals surface area contributed by atoms with Crippen LogP contribution in [0.1, 0.15) is 18.4 Å². The highest BCUT2D eigenvalue weighted by Gasteiger charge is 2.23. The minimum Gasteiger partial charge on any atom is -0.384 e. The number of nitrogens with one attached hydrogen (secondary N) is 1. The van der Waals surface area contributed by atoms with E-state index < -0.39 is 0 Å². The zero-order valence-corrected chi connectivity index (χ0v) is 13.1. The molecule has 1 fully saturated rings. The Morgan fingerprint density at radius 1 is 1.42 bits per heavy atom. The highest BCUT2D eigenvalue weighted by molar-refractivity contribution is 9.10. The molecule has 4 nitrogen and oxygen atoms in total. The first-order chi connectivity index (χ1) is 9.00. The summed E-state index contributed by atoms with van der Waals surface area (Å²) in [7, 11) is 4.26. The maximum absolute atomic E-state index is 7.77. The van der Waals surface area contributed by atoms with Gasteiger partial charge in [0.2, 0.25) is 0 Å². The monoisotopic (exact) mass is 324 g/mol. The quantitative estimate of drug-likeness (QED) is 0.662. The van der Waals surface area contributed by atoms with Gasteiger partial charge < -0.3 is 15.5 Å². The predicted molar refractivity (Wildman–Crippen MR) is 84.1 cm³/mol. The first-order valence-electron chi connectivity index (χ1n) is 6.55. The predicted octanol–water partition coefficient (Wildman–Crippen LogP) is 2.26. The van der Waals surface area contributed by atoms with Gasteiger partial charge in [-0.15, -0.1) is 0 Å². The van der Waals surface area contributed by atoms with Crippen LogP contribution in [0.15, 0.2) is 22.7 Å². The second kappa shape index (κ2) is 5.92. The number of nitrogen functional groups attached to an aromatic ring is 1. The zero-order valence-electron chi connectivity index (χ0n) is 11.5. The van der Waals surface area contributed by atoms with Gasteiger partial charge in [0, 0.05) is 23.2 Å². The van der Waals surface area contributed by atoms with Crippen LogP contribution in [-0.4, -0.2) is 44.0 Å². The van der Waals surface area contributed by atoms with E-state index >= 15 is 0 Å². The van der Waals surface area contributed by atoms with Crippen molar-refractivity contribution in [1.29, 1.82) is 5.41 Å². The molecule has 19 heavy (non-hydrogen) atoms. The minimum atomic E-state index is 0.113. The number of benzene rings is 1. The summed E-state index contributed by atoms with van der Waals surface area (Å²) in [5.41, 5.74) is 7.56. The topological polar surface area (TPSA) is 56.4 Å². The van der Waals surface area contributed by atoms with Crippen molar-refractivity contribution in [2.45, 2.75) is 18.9 Å². The molecule has 1 aliphatic rings. The van der Waals surface area contributed by atoms with E-state index in [1.807, 2.05) is 18.2 Å². The molecule has 0 aromatic heterocycles. The van der Waals surface area contributed by atoms with Gasteiger partial charge in [0.1, 0.15) is 5.84 Å². The summed E-state index contributed by atoms with van der Waals surface area (Å²) < 4.78 is 0.886. The van der Waals surface area contributed by atoms with E-state index in [9.17, 15) is 0 Å². The highest BCUT2D eigenvalue weighted by Crippen LogP contribution is 2.30. The molecule has 1 saturated heterocycles. The van der Waals surface area contributed by atoms with Crippen molar-refractivity contribution < 1.29 is 0 Å². The molecule has 0 radical (unpaired) electrons. The summed E-state index contributed by atoms with van der Waals surface area (Å²) in [6.45, 7) is 2.25. The lowest BCUT2D eigenvalue weighted by Crippen LogP contribution is -2.42. The van der Waals surface area contributed by atoms with Gasteiger partial charge in [0.15, 0.2) is 0 Å². The van der Waals surface area contributed by atoms with E-state index in [1.165, 1.54) is 0 Å². The van der Waals surface area contributed by atoms with E-state index in [1.54, 1.807) is 0 Å². The average molecular weight is 325 g/mol. The lowest BCUT2D eigenvalue weighted by atomic mass is 10.0. The van der Waals surface area contributed by atoms with Gasteiger partial charge >= 0.3 is 0 Å². The second-order valence-electron chi connectivity index (χ2n) is 5.19. The molecule has 0 unspecified atom stereocenters. The Kier molecular flexibility index (Phi) is 4.47. The Morgan fingerprint density at radius 2 is 2.05 bits per heavy atom. The van der Waals surface area contributed by atoms with Gasteiger partial charge in [-0.3, -0.25) is 5.41 Å². The van der Waals surface area contributed by atoms with Gasteiger partial charge in [-0.05, 0) is 61.0 Å². The summed E-state index contributed by atoms with van der Waals surface area (Å²) in [6, 6.07) is 6.49. The molecule has 0 atom stereocenters. The van der Waals surface area contributed by atoms with Crippen LogP contribution in [-0.2, 0) is 0 Å². The van der Waals surface area contributed by atoms with E-state index in [2.05, 4.69) is 39.8 Å². The molecule has 1 aromatic rings. The molecule has 104 valence electrons. The van der Waals surface area contributed by atoms with Crippen molar-refractivity contribution in [2.24, 2.45) is 5.73 Å². The lowest BCUT2D eigenvalue weighted by molar-refractivity contribution is 0.253. The smallest absolute Gasteiger partial charge is 0.126 e. The standard InChI is InChI=1S/C14H21BrN4/c1-18-8-6-10(7-9-18)19(2)12-5-3-4-11(15)13(12)14(16)17/h3-5,10H,6-9H2,1-2H3,(H3,16,17). The Morgan fingerprint density at radius 3 is 2.63 bits per heavy atom. The molecule has 1 aliphatic heterocycles. The van der Waals surface area contributed by atoms with Crippen molar-refractivity contribution in [2.75, 3.05) is 32.1 Å². The fraction of sp³-hybridized carbons (Fsp3) is 0.500. The molecule has 1 heterocycles. The van der Waals surface area contributed by atoms with Gasteiger partial charge in [-0.1, -0.05) is 6.07 Å². The zero-order chi connectivity index (χ0) is 14.0. The van der Waals surface area contributed by atoms with Crippen LogP contribution in [0.2, 0.25) is 0 Å². The normalized spacial score (nSPS) is 17.4. The third-order valence-electron chi connectivity index (χ3n) is 3.88. The maximum atomic E-state index is 7.77. The van der Waals surface area contributed by atoms with Crippen LogP contribution in [0.25, 0.3) is 0 Å². The molecule has 0 bridgehead atoms. The van der Waals surface area contributed by atoms with Crippen LogP contribution in [0.3, 0.4) is 0 Å². The van der Waals surface area contributed by atoms with Gasteiger partial charge in [0.05, 0.1) is 5.56 Å². The summed E-state index contributed by atoms with van der Waals surface area (Å²) in [5.74, 6) is 0.113. The lowest BCUT2D eigenvalue weighted by Gasteiger charge is -2.37. The van der Waals surface area contributed by atoms with E-state index in [0.29, 0.717) is 6.04 Å². The maximum Gasteiger partial charge on any atom is 0.126 e. The minimum absolute atomic E-state index is 0.113. The van der Waals surface area contributed by atoms with Crippen LogP contribution in [0.5, 0.6) is 0 Å². The molecular weight excluding hydrogens is 304 g/mol. The number of nitrogens with two attached hydrogens (primary N) is 1. The number of amidine groups is 1. The first-order valence-corrected chi connectivity index (χ1v) is 7.34. The largest absolute Gasteiger partial charge is 0.384 e. The third kappa shape index (κ3) is 3.09. The van der Waals surface area contributed by atoms with Crippen LogP contribution in [0.4, 0.5) is 5.69 Å². The molecule has 2 rings (SSSR count). The molecule has 1 aromatic carbocycles. The third-order valence-corrected chi connectivity index (χ3v) is 4.54. The van der Waals surface area contributed by atoms with Crippen LogP contribution < -0.4 is 10.6 Å². The Labute approximate surface area is 123 Å². The molecule has 0 aliphatic carbocycles. The number of nitrogens with zero attached hydrogens (tertiary/aromatic N) is 2. The van der Waals surface area contributed by atoms with Gasteiger partial charge in [0.25, 0.3) is 0 Å². The number of hydrogen-bond acceptors (Lipinski definition) is 3. The fourth-order valence-corrected chi connectivity index (χ4v) is 3.22. The summed E-state index contributed by atoms with van der Waals surface area (Å²) in [5, 5.41) is 7.77. The molecule has 0 saturated carbocycles. The van der Waals surface area contributed by atoms with Crippen molar-refractivity contribution >= 4 is 27.5 Å². The summed E-state index contributed by atoms with van der Waals surface area (Å²) >= 11 is 3.49. The number of piperidine rings is 1. The van der Waals surface area contributed by atoms with Gasteiger partial charge in [-0.25, -0.2) is 0 Å². The molecule has 0 amide bonds. The molecular formula is C14H21BrN4. The van der Waals surface area contributed by atoms with Crippen molar-refractivity contribution in [1.82, 2.24) is 4.90 Å². The highest BCUT2D eigenvalue weighted by atomic mass is 79.9. The number of rotatable bonds is 3. The van der Waals surface area contributed by atoms with Crippen molar-refractivity contribution in [3.63, 3.8) is 0 Å². The number of halogens is 1. The van der Waals surface area contributed by atoms with Crippen molar-refractivity contribution in [3.05, 3.63) is 28.2 Å².